The second kappa shape index (κ2) is 7.64. The molecule has 164 valence electrons. The zero-order valence-corrected chi connectivity index (χ0v) is 16.2. The van der Waals surface area contributed by atoms with Crippen LogP contribution in [0.2, 0.25) is 0 Å². The topological polar surface area (TPSA) is 95.5 Å². The van der Waals surface area contributed by atoms with E-state index in [1.807, 2.05) is 6.07 Å². The van der Waals surface area contributed by atoms with Crippen LogP contribution in [0.15, 0.2) is 18.2 Å². The highest BCUT2D eigenvalue weighted by Gasteiger charge is 2.49. The fourth-order valence-electron chi connectivity index (χ4n) is 4.28. The molecule has 1 aromatic carbocycles. The SMILES string of the molecule is CC1(c2ccc(C3CC4(CNC4)C3)cc2F)CCC(=O)NC1=O.O=C(O)C(F)(F)F. The summed E-state index contributed by atoms with van der Waals surface area (Å²) in [4.78, 5) is 32.4. The number of piperidine rings is 1. The van der Waals surface area contributed by atoms with Gasteiger partial charge in [0.25, 0.3) is 0 Å². The van der Waals surface area contributed by atoms with Gasteiger partial charge in [0.15, 0.2) is 0 Å². The van der Waals surface area contributed by atoms with Crippen LogP contribution in [0.25, 0.3) is 0 Å². The van der Waals surface area contributed by atoms with E-state index in [1.54, 1.807) is 19.1 Å². The predicted octanol–water partition coefficient (Wildman–Crippen LogP) is 2.62. The first-order valence-corrected chi connectivity index (χ1v) is 9.51. The fourth-order valence-corrected chi connectivity index (χ4v) is 4.28. The van der Waals surface area contributed by atoms with Crippen molar-refractivity contribution in [2.45, 2.75) is 50.1 Å². The molecule has 1 aliphatic carbocycles. The van der Waals surface area contributed by atoms with Gasteiger partial charge >= 0.3 is 12.1 Å². The van der Waals surface area contributed by atoms with Gasteiger partial charge in [-0.25, -0.2) is 9.18 Å². The molecular weight excluding hydrogens is 408 g/mol. The van der Waals surface area contributed by atoms with Crippen molar-refractivity contribution in [1.82, 2.24) is 10.6 Å². The zero-order valence-electron chi connectivity index (χ0n) is 16.2. The molecule has 0 radical (unpaired) electrons. The number of imide groups is 1. The van der Waals surface area contributed by atoms with Gasteiger partial charge in [0.05, 0.1) is 5.41 Å². The van der Waals surface area contributed by atoms with Crippen LogP contribution < -0.4 is 10.6 Å². The summed E-state index contributed by atoms with van der Waals surface area (Å²) < 4.78 is 46.4. The second-order valence-electron chi connectivity index (χ2n) is 8.46. The first-order chi connectivity index (χ1) is 13.9. The van der Waals surface area contributed by atoms with Crippen molar-refractivity contribution >= 4 is 17.8 Å². The summed E-state index contributed by atoms with van der Waals surface area (Å²) in [6.45, 7) is 3.87. The van der Waals surface area contributed by atoms with Crippen molar-refractivity contribution in [2.75, 3.05) is 13.1 Å². The number of amides is 2. The highest BCUT2D eigenvalue weighted by Crippen LogP contribution is 2.53. The number of benzene rings is 1. The van der Waals surface area contributed by atoms with Gasteiger partial charge in [-0.1, -0.05) is 12.1 Å². The zero-order chi connectivity index (χ0) is 22.3. The lowest BCUT2D eigenvalue weighted by Crippen LogP contribution is -2.59. The highest BCUT2D eigenvalue weighted by atomic mass is 19.4. The van der Waals surface area contributed by atoms with Crippen LogP contribution >= 0.6 is 0 Å². The third kappa shape index (κ3) is 4.19. The fraction of sp³-hybridized carbons (Fsp3) is 0.550. The summed E-state index contributed by atoms with van der Waals surface area (Å²) in [5.41, 5.74) is 0.912. The summed E-state index contributed by atoms with van der Waals surface area (Å²) in [6.07, 6.45) is -2.25. The molecule has 1 spiro atoms. The lowest BCUT2D eigenvalue weighted by Gasteiger charge is -2.54. The van der Waals surface area contributed by atoms with Crippen LogP contribution in [-0.2, 0) is 19.8 Å². The van der Waals surface area contributed by atoms with Crippen LogP contribution in [-0.4, -0.2) is 42.2 Å². The molecular formula is C20H22F4N2O4. The van der Waals surface area contributed by atoms with Crippen molar-refractivity contribution in [1.29, 1.82) is 0 Å². The third-order valence-electron chi connectivity index (χ3n) is 6.27. The van der Waals surface area contributed by atoms with E-state index >= 15 is 0 Å². The van der Waals surface area contributed by atoms with Gasteiger partial charge in [-0.15, -0.1) is 0 Å². The van der Waals surface area contributed by atoms with Gasteiger partial charge in [0, 0.05) is 25.1 Å². The van der Waals surface area contributed by atoms with Crippen molar-refractivity contribution in [3.05, 3.63) is 35.1 Å². The van der Waals surface area contributed by atoms with Crippen molar-refractivity contribution in [3.63, 3.8) is 0 Å². The summed E-state index contributed by atoms with van der Waals surface area (Å²) in [6, 6.07) is 5.29. The molecule has 1 atom stereocenters. The predicted molar refractivity (Wildman–Crippen MR) is 97.1 cm³/mol. The average molecular weight is 430 g/mol. The van der Waals surface area contributed by atoms with Gasteiger partial charge in [-0.3, -0.25) is 14.9 Å². The standard InChI is InChI=1S/C18H21FN2O2.C2HF3O2/c1-17(5-4-15(22)21-16(17)23)13-3-2-11(6-14(13)19)12-7-18(8-12)9-20-10-18;3-2(4,5)1(6)7/h2-3,6,12,20H,4-5,7-10H2,1H3,(H,21,22,23);(H,6,7). The molecule has 3 fully saturated rings. The maximum atomic E-state index is 14.7. The van der Waals surface area contributed by atoms with Crippen molar-refractivity contribution in [2.24, 2.45) is 5.41 Å². The molecule has 4 rings (SSSR count). The molecule has 2 heterocycles. The van der Waals surface area contributed by atoms with Crippen LogP contribution in [0, 0.1) is 11.2 Å². The maximum absolute atomic E-state index is 14.7. The second-order valence-corrected chi connectivity index (χ2v) is 8.46. The molecule has 1 aromatic rings. The Kier molecular flexibility index (Phi) is 5.66. The largest absolute Gasteiger partial charge is 0.490 e. The lowest BCUT2D eigenvalue weighted by molar-refractivity contribution is -0.192. The number of aliphatic carboxylic acids is 1. The Morgan fingerprint density at radius 1 is 1.20 bits per heavy atom. The number of halogens is 4. The number of hydrogen-bond acceptors (Lipinski definition) is 4. The molecule has 6 nitrogen and oxygen atoms in total. The summed E-state index contributed by atoms with van der Waals surface area (Å²) in [5, 5.41) is 12.8. The Balaban J connectivity index is 0.000000318. The number of carboxylic acids is 1. The molecule has 2 saturated heterocycles. The molecule has 30 heavy (non-hydrogen) atoms. The van der Waals surface area contributed by atoms with E-state index in [4.69, 9.17) is 9.90 Å². The Bertz CT molecular complexity index is 874. The summed E-state index contributed by atoms with van der Waals surface area (Å²) in [7, 11) is 0. The van der Waals surface area contributed by atoms with E-state index < -0.39 is 23.5 Å². The summed E-state index contributed by atoms with van der Waals surface area (Å²) >= 11 is 0. The van der Waals surface area contributed by atoms with E-state index in [9.17, 15) is 27.2 Å². The molecule has 0 aromatic heterocycles. The van der Waals surface area contributed by atoms with Gasteiger partial charge < -0.3 is 10.4 Å². The smallest absolute Gasteiger partial charge is 0.475 e. The van der Waals surface area contributed by atoms with E-state index in [0.29, 0.717) is 23.3 Å². The van der Waals surface area contributed by atoms with E-state index in [-0.39, 0.29) is 18.1 Å². The Labute approximate surface area is 170 Å². The highest BCUT2D eigenvalue weighted by molar-refractivity contribution is 6.03. The van der Waals surface area contributed by atoms with Crippen LogP contribution in [0.4, 0.5) is 17.6 Å². The third-order valence-corrected chi connectivity index (χ3v) is 6.27. The Hall–Kier alpha value is -2.49. The molecule has 3 aliphatic rings. The van der Waals surface area contributed by atoms with Crippen molar-refractivity contribution in [3.8, 4) is 0 Å². The first kappa shape index (κ1) is 22.2. The van der Waals surface area contributed by atoms with Gasteiger partial charge in [0.1, 0.15) is 5.82 Å². The number of nitrogens with one attached hydrogen (secondary N) is 2. The number of hydrogen-bond donors (Lipinski definition) is 3. The molecule has 10 heteroatoms. The number of carbonyl (C=O) groups is 3. The molecule has 1 saturated carbocycles. The van der Waals surface area contributed by atoms with E-state index in [1.165, 1.54) is 0 Å². The minimum Gasteiger partial charge on any atom is -0.475 e. The number of rotatable bonds is 2. The van der Waals surface area contributed by atoms with E-state index in [2.05, 4.69) is 10.6 Å². The quantitative estimate of drug-likeness (QED) is 0.495. The summed E-state index contributed by atoms with van der Waals surface area (Å²) in [5.74, 6) is -3.34. The van der Waals surface area contributed by atoms with Gasteiger partial charge in [-0.05, 0) is 49.1 Å². The first-order valence-electron chi connectivity index (χ1n) is 9.51. The molecule has 2 amide bonds. The van der Waals surface area contributed by atoms with Crippen LogP contribution in [0.3, 0.4) is 0 Å². The normalized spacial score (nSPS) is 25.5. The lowest BCUT2D eigenvalue weighted by atomic mass is 9.57. The number of carbonyl (C=O) groups excluding carboxylic acids is 2. The Morgan fingerprint density at radius 3 is 2.23 bits per heavy atom. The monoisotopic (exact) mass is 430 g/mol. The minimum atomic E-state index is -5.08. The maximum Gasteiger partial charge on any atom is 0.490 e. The van der Waals surface area contributed by atoms with E-state index in [0.717, 1.165) is 31.5 Å². The molecule has 1 unspecified atom stereocenters. The molecule has 2 aliphatic heterocycles. The van der Waals surface area contributed by atoms with Crippen LogP contribution in [0.1, 0.15) is 49.7 Å². The van der Waals surface area contributed by atoms with Crippen molar-refractivity contribution < 1.29 is 37.1 Å². The Morgan fingerprint density at radius 2 is 1.80 bits per heavy atom. The van der Waals surface area contributed by atoms with Gasteiger partial charge in [0.2, 0.25) is 11.8 Å². The average Bonchev–Trinajstić information content (AvgIpc) is 2.56. The van der Waals surface area contributed by atoms with Gasteiger partial charge in [-0.2, -0.15) is 13.2 Å². The molecule has 3 N–H and O–H groups in total. The van der Waals surface area contributed by atoms with Crippen LogP contribution in [0.5, 0.6) is 0 Å². The minimum absolute atomic E-state index is 0.252. The number of carboxylic acid groups (broad SMARTS) is 1. The number of alkyl halides is 3. The molecule has 0 bridgehead atoms.